The molecule has 20 heavy (non-hydrogen) atoms. The Bertz CT molecular complexity index is 615. The van der Waals surface area contributed by atoms with Gasteiger partial charge in [-0.3, -0.25) is 4.79 Å². The minimum absolute atomic E-state index is 0.236. The summed E-state index contributed by atoms with van der Waals surface area (Å²) in [6, 6.07) is 4.88. The maximum absolute atomic E-state index is 12.0. The molecule has 0 unspecified atom stereocenters. The van der Waals surface area contributed by atoms with Crippen molar-refractivity contribution in [3.63, 3.8) is 0 Å². The number of amides is 1. The molecule has 1 heterocycles. The van der Waals surface area contributed by atoms with Gasteiger partial charge < -0.3 is 20.2 Å². The molecule has 3 N–H and O–H groups in total. The number of nitrogens with one attached hydrogen (secondary N) is 1. The molecule has 2 rings (SSSR count). The third-order valence-electron chi connectivity index (χ3n) is 2.96. The second kappa shape index (κ2) is 5.64. The highest BCUT2D eigenvalue weighted by Crippen LogP contribution is 2.21. The summed E-state index contributed by atoms with van der Waals surface area (Å²) in [6.07, 6.45) is 0. The fourth-order valence-corrected chi connectivity index (χ4v) is 1.75. The molecule has 0 fully saturated rings. The summed E-state index contributed by atoms with van der Waals surface area (Å²) in [5.74, 6) is 1.53. The van der Waals surface area contributed by atoms with Gasteiger partial charge in [0, 0.05) is 5.56 Å². The van der Waals surface area contributed by atoms with Gasteiger partial charge in [-0.15, -0.1) is 0 Å². The Morgan fingerprint density at radius 2 is 2.20 bits per heavy atom. The van der Waals surface area contributed by atoms with E-state index in [-0.39, 0.29) is 12.5 Å². The van der Waals surface area contributed by atoms with Crippen molar-refractivity contribution in [3.05, 3.63) is 41.1 Å². The van der Waals surface area contributed by atoms with Crippen molar-refractivity contribution < 1.29 is 13.9 Å². The first-order valence-corrected chi connectivity index (χ1v) is 6.16. The molecule has 0 saturated heterocycles. The molecule has 6 heteroatoms. The second-order valence-electron chi connectivity index (χ2n) is 4.39. The average Bonchev–Trinajstić information content (AvgIpc) is 2.75. The van der Waals surface area contributed by atoms with Crippen LogP contribution in [0.15, 0.2) is 22.6 Å². The van der Waals surface area contributed by atoms with E-state index in [2.05, 4.69) is 10.3 Å². The number of benzene rings is 1. The Balaban J connectivity index is 2.03. The molecule has 0 saturated carbocycles. The van der Waals surface area contributed by atoms with E-state index in [0.29, 0.717) is 22.9 Å². The van der Waals surface area contributed by atoms with Crippen molar-refractivity contribution >= 4 is 11.6 Å². The lowest BCUT2D eigenvalue weighted by Crippen LogP contribution is -2.23. The van der Waals surface area contributed by atoms with Crippen molar-refractivity contribution in [2.75, 3.05) is 12.8 Å². The summed E-state index contributed by atoms with van der Waals surface area (Å²) in [7, 11) is 1.53. The van der Waals surface area contributed by atoms with Crippen LogP contribution in [-0.2, 0) is 6.54 Å². The van der Waals surface area contributed by atoms with Crippen LogP contribution in [0.1, 0.15) is 27.7 Å². The number of ether oxygens (including phenoxy) is 1. The van der Waals surface area contributed by atoms with Crippen LogP contribution in [0.4, 0.5) is 5.69 Å². The van der Waals surface area contributed by atoms with Gasteiger partial charge >= 0.3 is 0 Å². The number of rotatable bonds is 4. The van der Waals surface area contributed by atoms with E-state index < -0.39 is 0 Å². The maximum Gasteiger partial charge on any atom is 0.251 e. The number of carbonyl (C=O) groups excluding carboxylic acids is 1. The van der Waals surface area contributed by atoms with Crippen LogP contribution in [0.2, 0.25) is 0 Å². The van der Waals surface area contributed by atoms with E-state index in [4.69, 9.17) is 14.9 Å². The first kappa shape index (κ1) is 13.9. The van der Waals surface area contributed by atoms with E-state index >= 15 is 0 Å². The van der Waals surface area contributed by atoms with E-state index in [0.717, 1.165) is 11.5 Å². The monoisotopic (exact) mass is 275 g/mol. The fraction of sp³-hybridized carbons (Fsp3) is 0.286. The van der Waals surface area contributed by atoms with Crippen molar-refractivity contribution in [1.82, 2.24) is 10.3 Å². The van der Waals surface area contributed by atoms with Crippen LogP contribution in [0, 0.1) is 13.8 Å². The van der Waals surface area contributed by atoms with E-state index in [1.54, 1.807) is 18.2 Å². The Labute approximate surface area is 116 Å². The maximum atomic E-state index is 12.0. The quantitative estimate of drug-likeness (QED) is 0.830. The summed E-state index contributed by atoms with van der Waals surface area (Å²) in [4.78, 5) is 16.2. The number of nitrogens with two attached hydrogens (primary N) is 1. The second-order valence-corrected chi connectivity index (χ2v) is 4.39. The lowest BCUT2D eigenvalue weighted by Gasteiger charge is -2.07. The SMILES string of the molecule is COc1ccc(C(=O)NCc2nc(C)c(C)o2)cc1N. The summed E-state index contributed by atoms with van der Waals surface area (Å²) in [6.45, 7) is 3.92. The highest BCUT2D eigenvalue weighted by molar-refractivity contribution is 5.95. The highest BCUT2D eigenvalue weighted by Gasteiger charge is 2.11. The largest absolute Gasteiger partial charge is 0.495 e. The number of aromatic nitrogens is 1. The highest BCUT2D eigenvalue weighted by atomic mass is 16.5. The van der Waals surface area contributed by atoms with Crippen LogP contribution < -0.4 is 15.8 Å². The standard InChI is InChI=1S/C14H17N3O3/c1-8-9(2)20-13(17-8)7-16-14(18)10-4-5-12(19-3)11(15)6-10/h4-6H,7,15H2,1-3H3,(H,16,18). The molecule has 2 aromatic rings. The molecule has 0 aliphatic carbocycles. The number of anilines is 1. The molecule has 0 radical (unpaired) electrons. The molecule has 0 aliphatic heterocycles. The Hall–Kier alpha value is -2.50. The average molecular weight is 275 g/mol. The molecule has 106 valence electrons. The number of nitrogen functional groups attached to an aromatic ring is 1. The minimum Gasteiger partial charge on any atom is -0.495 e. The summed E-state index contributed by atoms with van der Waals surface area (Å²) in [5, 5.41) is 2.73. The molecule has 1 aromatic carbocycles. The molecule has 0 spiro atoms. The number of nitrogens with zero attached hydrogens (tertiary/aromatic N) is 1. The molecular weight excluding hydrogens is 258 g/mol. The predicted octanol–water partition coefficient (Wildman–Crippen LogP) is 1.81. The molecule has 0 aliphatic rings. The van der Waals surface area contributed by atoms with E-state index in [9.17, 15) is 4.79 Å². The summed E-state index contributed by atoms with van der Waals surface area (Å²) in [5.41, 5.74) is 7.47. The normalized spacial score (nSPS) is 10.3. The molecule has 0 bridgehead atoms. The number of hydrogen-bond acceptors (Lipinski definition) is 5. The summed E-state index contributed by atoms with van der Waals surface area (Å²) < 4.78 is 10.4. The smallest absolute Gasteiger partial charge is 0.251 e. The minimum atomic E-state index is -0.243. The van der Waals surface area contributed by atoms with Crippen LogP contribution in [0.3, 0.4) is 0 Å². The molecule has 1 aromatic heterocycles. The topological polar surface area (TPSA) is 90.4 Å². The Morgan fingerprint density at radius 3 is 2.75 bits per heavy atom. The van der Waals surface area contributed by atoms with Gasteiger partial charge in [0.2, 0.25) is 5.89 Å². The van der Waals surface area contributed by atoms with Gasteiger partial charge in [-0.2, -0.15) is 0 Å². The first-order valence-electron chi connectivity index (χ1n) is 6.16. The third-order valence-corrected chi connectivity index (χ3v) is 2.96. The number of carbonyl (C=O) groups is 1. The van der Waals surface area contributed by atoms with Gasteiger partial charge in [-0.1, -0.05) is 0 Å². The van der Waals surface area contributed by atoms with Crippen molar-refractivity contribution in [1.29, 1.82) is 0 Å². The van der Waals surface area contributed by atoms with Gasteiger partial charge in [0.05, 0.1) is 25.0 Å². The zero-order chi connectivity index (χ0) is 14.7. The van der Waals surface area contributed by atoms with Crippen molar-refractivity contribution in [2.24, 2.45) is 0 Å². The zero-order valence-electron chi connectivity index (χ0n) is 11.7. The van der Waals surface area contributed by atoms with Gasteiger partial charge in [-0.05, 0) is 32.0 Å². The lowest BCUT2D eigenvalue weighted by molar-refractivity contribution is 0.0947. The number of hydrogen-bond donors (Lipinski definition) is 2. The van der Waals surface area contributed by atoms with Crippen LogP contribution in [0.5, 0.6) is 5.75 Å². The predicted molar refractivity (Wildman–Crippen MR) is 74.6 cm³/mol. The third kappa shape index (κ3) is 2.90. The Kier molecular flexibility index (Phi) is 3.93. The first-order chi connectivity index (χ1) is 9.51. The van der Waals surface area contributed by atoms with Crippen LogP contribution in [-0.4, -0.2) is 18.0 Å². The van der Waals surface area contributed by atoms with E-state index in [1.807, 2.05) is 13.8 Å². The van der Waals surface area contributed by atoms with Crippen molar-refractivity contribution in [2.45, 2.75) is 20.4 Å². The Morgan fingerprint density at radius 1 is 1.45 bits per heavy atom. The number of oxazole rings is 1. The lowest BCUT2D eigenvalue weighted by atomic mass is 10.2. The van der Waals surface area contributed by atoms with Gasteiger partial charge in [0.25, 0.3) is 5.91 Å². The van der Waals surface area contributed by atoms with Crippen molar-refractivity contribution in [3.8, 4) is 5.75 Å². The van der Waals surface area contributed by atoms with Gasteiger partial charge in [0.15, 0.2) is 0 Å². The van der Waals surface area contributed by atoms with Gasteiger partial charge in [0.1, 0.15) is 11.5 Å². The molecular formula is C14H17N3O3. The molecule has 0 atom stereocenters. The van der Waals surface area contributed by atoms with Crippen LogP contribution >= 0.6 is 0 Å². The summed E-state index contributed by atoms with van der Waals surface area (Å²) >= 11 is 0. The molecule has 6 nitrogen and oxygen atoms in total. The zero-order valence-corrected chi connectivity index (χ0v) is 11.7. The van der Waals surface area contributed by atoms with Gasteiger partial charge in [-0.25, -0.2) is 4.98 Å². The fourth-order valence-electron chi connectivity index (χ4n) is 1.75. The number of methoxy groups -OCH3 is 1. The van der Waals surface area contributed by atoms with E-state index in [1.165, 1.54) is 7.11 Å². The number of aryl methyl sites for hydroxylation is 2. The molecule has 1 amide bonds. The van der Waals surface area contributed by atoms with Crippen LogP contribution in [0.25, 0.3) is 0 Å².